The van der Waals surface area contributed by atoms with Crippen molar-refractivity contribution in [3.8, 4) is 0 Å². The molecule has 0 radical (unpaired) electrons. The normalized spacial score (nSPS) is 12.7. The van der Waals surface area contributed by atoms with Gasteiger partial charge in [0.1, 0.15) is 11.9 Å². The number of sulfonamides is 1. The highest BCUT2D eigenvalue weighted by molar-refractivity contribution is 9.10. The molecule has 0 spiro atoms. The lowest BCUT2D eigenvalue weighted by Crippen LogP contribution is -2.52. The van der Waals surface area contributed by atoms with Crippen molar-refractivity contribution >= 4 is 43.5 Å². The molecule has 10 heteroatoms. The first-order chi connectivity index (χ1) is 16.2. The Morgan fingerprint density at radius 3 is 2.29 bits per heavy atom. The fourth-order valence-electron chi connectivity index (χ4n) is 3.50. The smallest absolute Gasteiger partial charge is 0.242 e. The lowest BCUT2D eigenvalue weighted by molar-refractivity contribution is -0.141. The molecular weight excluding hydrogens is 537 g/mol. The number of nitrogens with zero attached hydrogens (tertiary/aromatic N) is 2. The Morgan fingerprint density at radius 1 is 1.11 bits per heavy atom. The summed E-state index contributed by atoms with van der Waals surface area (Å²) in [5.74, 6) is -1.01. The summed E-state index contributed by atoms with van der Waals surface area (Å²) in [6.07, 6.45) is 1.33. The number of benzene rings is 2. The summed E-state index contributed by atoms with van der Waals surface area (Å²) in [5, 5.41) is 2.91. The van der Waals surface area contributed by atoms with Crippen LogP contribution in [0.5, 0.6) is 0 Å². The minimum atomic E-state index is -3.64. The number of amides is 2. The van der Waals surface area contributed by atoms with Gasteiger partial charge in [-0.1, -0.05) is 28.1 Å². The predicted molar refractivity (Wildman–Crippen MR) is 140 cm³/mol. The van der Waals surface area contributed by atoms with Gasteiger partial charge in [-0.2, -0.15) is 0 Å². The number of rotatable bonds is 10. The van der Waals surface area contributed by atoms with Crippen molar-refractivity contribution in [1.29, 1.82) is 0 Å². The molecule has 0 heterocycles. The fraction of sp³-hybridized carbons (Fsp3) is 0.440. The second-order valence-electron chi connectivity index (χ2n) is 9.48. The van der Waals surface area contributed by atoms with Gasteiger partial charge in [0, 0.05) is 29.5 Å². The van der Waals surface area contributed by atoms with E-state index < -0.39 is 27.4 Å². The van der Waals surface area contributed by atoms with Gasteiger partial charge < -0.3 is 10.2 Å². The van der Waals surface area contributed by atoms with E-state index >= 15 is 0 Å². The zero-order chi connectivity index (χ0) is 26.4. The molecule has 0 saturated heterocycles. The highest BCUT2D eigenvalue weighted by Gasteiger charge is 2.28. The molecule has 1 N–H and O–H groups in total. The summed E-state index contributed by atoms with van der Waals surface area (Å²) >= 11 is 3.43. The molecule has 0 saturated carbocycles. The third-order valence-corrected chi connectivity index (χ3v) is 6.86. The molecular formula is C25H33BrFN3O4S. The minimum Gasteiger partial charge on any atom is -0.350 e. The highest BCUT2D eigenvalue weighted by Crippen LogP contribution is 2.20. The van der Waals surface area contributed by atoms with Gasteiger partial charge in [0.05, 0.1) is 11.9 Å². The Labute approximate surface area is 215 Å². The van der Waals surface area contributed by atoms with Crippen LogP contribution < -0.4 is 9.62 Å². The molecule has 35 heavy (non-hydrogen) atoms. The summed E-state index contributed by atoms with van der Waals surface area (Å²) < 4.78 is 39.9. The lowest BCUT2D eigenvalue weighted by Gasteiger charge is -2.32. The van der Waals surface area contributed by atoms with E-state index in [0.29, 0.717) is 5.69 Å². The van der Waals surface area contributed by atoms with E-state index in [1.807, 2.05) is 45.0 Å². The first kappa shape index (κ1) is 28.8. The van der Waals surface area contributed by atoms with Crippen LogP contribution in [-0.4, -0.2) is 49.5 Å². The summed E-state index contributed by atoms with van der Waals surface area (Å²) in [5.41, 5.74) is 0.721. The van der Waals surface area contributed by atoms with E-state index in [0.717, 1.165) is 20.6 Å². The number of carbonyl (C=O) groups excluding carboxylic acids is 2. The topological polar surface area (TPSA) is 86.8 Å². The molecule has 0 aliphatic heterocycles. The van der Waals surface area contributed by atoms with Gasteiger partial charge in [-0.3, -0.25) is 13.9 Å². The molecule has 192 valence electrons. The predicted octanol–water partition coefficient (Wildman–Crippen LogP) is 4.47. The summed E-state index contributed by atoms with van der Waals surface area (Å²) in [6.45, 7) is 7.56. The van der Waals surface area contributed by atoms with Crippen molar-refractivity contribution in [3.63, 3.8) is 0 Å². The van der Waals surface area contributed by atoms with Crippen molar-refractivity contribution in [2.45, 2.75) is 58.7 Å². The maximum atomic E-state index is 13.3. The van der Waals surface area contributed by atoms with Gasteiger partial charge in [-0.05, 0) is 76.1 Å². The quantitative estimate of drug-likeness (QED) is 0.457. The van der Waals surface area contributed by atoms with Crippen LogP contribution in [0.3, 0.4) is 0 Å². The molecule has 0 aromatic heterocycles. The summed E-state index contributed by atoms with van der Waals surface area (Å²) in [6, 6.07) is 11.9. The molecule has 7 nitrogen and oxygen atoms in total. The number of carbonyl (C=O) groups is 2. The zero-order valence-electron chi connectivity index (χ0n) is 20.7. The Hall–Kier alpha value is -2.46. The molecule has 0 bridgehead atoms. The van der Waals surface area contributed by atoms with Crippen LogP contribution in [0, 0.1) is 5.82 Å². The van der Waals surface area contributed by atoms with E-state index in [1.165, 1.54) is 29.2 Å². The van der Waals surface area contributed by atoms with Gasteiger partial charge in [-0.15, -0.1) is 0 Å². The number of nitrogens with one attached hydrogen (secondary N) is 1. The maximum absolute atomic E-state index is 13.3. The van der Waals surface area contributed by atoms with E-state index in [1.54, 1.807) is 6.92 Å². The van der Waals surface area contributed by atoms with Crippen LogP contribution in [-0.2, 0) is 26.2 Å². The standard InChI is InChI=1S/C25H33BrFN3O4S/c1-18(24(32)28-25(2,3)4)29(17-19-8-6-9-20(26)16-19)23(31)10-7-15-30(35(5,33)34)22-13-11-21(27)12-14-22/h6,8-9,11-14,16,18H,7,10,15,17H2,1-5H3,(H,28,32). The summed E-state index contributed by atoms with van der Waals surface area (Å²) in [4.78, 5) is 27.6. The molecule has 0 aliphatic rings. The van der Waals surface area contributed by atoms with Crippen molar-refractivity contribution in [2.75, 3.05) is 17.1 Å². The average Bonchev–Trinajstić information content (AvgIpc) is 2.73. The number of anilines is 1. The number of hydrogen-bond acceptors (Lipinski definition) is 4. The second-order valence-corrected chi connectivity index (χ2v) is 12.3. The van der Waals surface area contributed by atoms with Crippen LogP contribution in [0.1, 0.15) is 46.1 Å². The number of halogens is 2. The van der Waals surface area contributed by atoms with E-state index in [4.69, 9.17) is 0 Å². The SMILES string of the molecule is CC(C(=O)NC(C)(C)C)N(Cc1cccc(Br)c1)C(=O)CCCN(c1ccc(F)cc1)S(C)(=O)=O. The molecule has 0 fully saturated rings. The largest absolute Gasteiger partial charge is 0.350 e. The maximum Gasteiger partial charge on any atom is 0.242 e. The Balaban J connectivity index is 2.18. The first-order valence-electron chi connectivity index (χ1n) is 11.3. The molecule has 2 aromatic rings. The average molecular weight is 571 g/mol. The Morgan fingerprint density at radius 2 is 1.74 bits per heavy atom. The van der Waals surface area contributed by atoms with E-state index in [9.17, 15) is 22.4 Å². The second kappa shape index (κ2) is 12.0. The zero-order valence-corrected chi connectivity index (χ0v) is 23.1. The van der Waals surface area contributed by atoms with Gasteiger partial charge in [0.15, 0.2) is 0 Å². The third-order valence-electron chi connectivity index (χ3n) is 5.17. The molecule has 0 aliphatic carbocycles. The van der Waals surface area contributed by atoms with Crippen molar-refractivity contribution < 1.29 is 22.4 Å². The molecule has 1 unspecified atom stereocenters. The van der Waals surface area contributed by atoms with E-state index in [-0.39, 0.29) is 37.7 Å². The van der Waals surface area contributed by atoms with E-state index in [2.05, 4.69) is 21.2 Å². The van der Waals surface area contributed by atoms with Crippen LogP contribution in [0.15, 0.2) is 53.0 Å². The van der Waals surface area contributed by atoms with Gasteiger partial charge >= 0.3 is 0 Å². The third kappa shape index (κ3) is 9.25. The van der Waals surface area contributed by atoms with Crippen LogP contribution in [0.25, 0.3) is 0 Å². The Bertz CT molecular complexity index is 1130. The molecule has 2 aromatic carbocycles. The first-order valence-corrected chi connectivity index (χ1v) is 13.9. The van der Waals surface area contributed by atoms with Crippen molar-refractivity contribution in [3.05, 3.63) is 64.4 Å². The van der Waals surface area contributed by atoms with Gasteiger partial charge in [0.25, 0.3) is 0 Å². The highest BCUT2D eigenvalue weighted by atomic mass is 79.9. The molecule has 2 amide bonds. The molecule has 2 rings (SSSR count). The fourth-order valence-corrected chi connectivity index (χ4v) is 4.91. The number of hydrogen-bond donors (Lipinski definition) is 1. The van der Waals surface area contributed by atoms with Crippen molar-refractivity contribution in [2.24, 2.45) is 0 Å². The van der Waals surface area contributed by atoms with Gasteiger partial charge in [-0.25, -0.2) is 12.8 Å². The lowest BCUT2D eigenvalue weighted by atomic mass is 10.1. The minimum absolute atomic E-state index is 0.0361. The van der Waals surface area contributed by atoms with Crippen LogP contribution in [0.2, 0.25) is 0 Å². The Kier molecular flexibility index (Phi) is 9.85. The van der Waals surface area contributed by atoms with Crippen LogP contribution in [0.4, 0.5) is 10.1 Å². The monoisotopic (exact) mass is 569 g/mol. The van der Waals surface area contributed by atoms with Crippen molar-refractivity contribution in [1.82, 2.24) is 10.2 Å². The van der Waals surface area contributed by atoms with Crippen LogP contribution >= 0.6 is 15.9 Å². The molecule has 1 atom stereocenters. The summed E-state index contributed by atoms with van der Waals surface area (Å²) in [7, 11) is -3.64. The van der Waals surface area contributed by atoms with Gasteiger partial charge in [0.2, 0.25) is 21.8 Å².